The molecule has 4 aromatic rings. The number of carbonyl (C=O) groups is 3. The number of β-lactam (4-membered cyclic amide) rings is 2. The van der Waals surface area contributed by atoms with Crippen molar-refractivity contribution in [1.29, 1.82) is 0 Å². The molecule has 2 saturated heterocycles. The van der Waals surface area contributed by atoms with Gasteiger partial charge in [0.05, 0.1) is 6.04 Å². The van der Waals surface area contributed by atoms with Crippen molar-refractivity contribution in [3.8, 4) is 0 Å². The first-order chi connectivity index (χ1) is 21.5. The normalized spacial score (nSPS) is 21.0. The van der Waals surface area contributed by atoms with E-state index in [2.05, 4.69) is 11.9 Å². The van der Waals surface area contributed by atoms with Crippen LogP contribution in [0.25, 0.3) is 0 Å². The number of nitrogens with one attached hydrogen (secondary N) is 1. The van der Waals surface area contributed by atoms with Crippen molar-refractivity contribution in [2.24, 2.45) is 0 Å². The van der Waals surface area contributed by atoms with Gasteiger partial charge in [0, 0.05) is 0 Å². The van der Waals surface area contributed by atoms with Gasteiger partial charge in [-0.15, -0.1) is 0 Å². The highest BCUT2D eigenvalue weighted by Crippen LogP contribution is 2.39. The van der Waals surface area contributed by atoms with E-state index in [1.54, 1.807) is 20.8 Å². The summed E-state index contributed by atoms with van der Waals surface area (Å²) in [5.41, 5.74) is 1.08. The molecule has 0 saturated carbocycles. The zero-order valence-corrected chi connectivity index (χ0v) is 26.8. The average molecular weight is 623 g/mol. The van der Waals surface area contributed by atoms with Gasteiger partial charge in [-0.1, -0.05) is 121 Å². The number of nitrogens with zero attached hydrogens (tertiary/aromatic N) is 1. The van der Waals surface area contributed by atoms with Crippen LogP contribution in [0.1, 0.15) is 44.0 Å². The van der Waals surface area contributed by atoms with E-state index in [4.69, 9.17) is 9.16 Å². The molecular formula is C36H38N2O6Si. The number of likely N-dealkylation sites (tertiary alicyclic amines) is 1. The number of carbonyl (C=O) groups excluding carboxylic acids is 3. The lowest BCUT2D eigenvalue weighted by Crippen LogP contribution is -2.69. The maximum Gasteiger partial charge on any atom is 0.417 e. The van der Waals surface area contributed by atoms with Crippen molar-refractivity contribution in [3.05, 3.63) is 132 Å². The number of aliphatic hydroxyl groups excluding tert-OH is 1. The van der Waals surface area contributed by atoms with E-state index in [-0.39, 0.29) is 17.9 Å². The van der Waals surface area contributed by atoms with Gasteiger partial charge in [-0.05, 0) is 48.8 Å². The minimum Gasteiger partial charge on any atom is -0.443 e. The van der Waals surface area contributed by atoms with Crippen molar-refractivity contribution in [3.63, 3.8) is 0 Å². The second-order valence-electron chi connectivity index (χ2n) is 12.2. The molecule has 0 bridgehead atoms. The molecule has 45 heavy (non-hydrogen) atoms. The molecule has 0 aliphatic carbocycles. The van der Waals surface area contributed by atoms with E-state index in [1.807, 2.05) is 121 Å². The van der Waals surface area contributed by atoms with Crippen molar-refractivity contribution in [2.75, 3.05) is 0 Å². The fourth-order valence-corrected chi connectivity index (χ4v) is 8.43. The fourth-order valence-electron chi connectivity index (χ4n) is 5.43. The molecule has 4 atom stereocenters. The van der Waals surface area contributed by atoms with Gasteiger partial charge in [-0.2, -0.15) is 0 Å². The predicted molar refractivity (Wildman–Crippen MR) is 174 cm³/mol. The first-order valence-electron chi connectivity index (χ1n) is 14.9. The Bertz CT molecular complexity index is 1570. The highest BCUT2D eigenvalue weighted by atomic mass is 28.4. The van der Waals surface area contributed by atoms with Gasteiger partial charge in [-0.3, -0.25) is 9.59 Å². The van der Waals surface area contributed by atoms with Crippen LogP contribution in [0.3, 0.4) is 0 Å². The molecule has 8 nitrogen and oxygen atoms in total. The molecule has 2 fully saturated rings. The number of ether oxygens (including phenoxy) is 1. The quantitative estimate of drug-likeness (QED) is 0.243. The molecule has 232 valence electrons. The van der Waals surface area contributed by atoms with Gasteiger partial charge in [0.2, 0.25) is 0 Å². The second-order valence-corrected chi connectivity index (χ2v) is 15.6. The van der Waals surface area contributed by atoms with Crippen molar-refractivity contribution in [2.45, 2.75) is 57.2 Å². The fraction of sp³-hybridized carbons (Fsp3) is 0.250. The SMILES string of the molecule is CC(C)(C)OC(=O)N1C(=O)[C@H](O[Si](C)(c2ccccc2)c2ccccc2)[C@@H]1c1ccccc1.O=C1N[C@@H](c2ccccc2)[C@H]1O. The van der Waals surface area contributed by atoms with E-state index in [0.29, 0.717) is 0 Å². The average Bonchev–Trinajstić information content (AvgIpc) is 3.05. The maximum absolute atomic E-state index is 13.3. The Kier molecular flexibility index (Phi) is 9.34. The molecular weight excluding hydrogens is 584 g/mol. The standard InChI is InChI=1S/C27H29NO4Si.C9H9NO2/c1-27(2,3)31-26(30)28-23(20-14-8-5-9-15-20)24(25(28)29)32-33(4,21-16-10-6-11-17-21)22-18-12-7-13-19-22;11-8-7(10-9(8)12)6-4-2-1-3-5-6/h5-19,23-24H,1-4H3;1-5,7-8,11H,(H,10,12)/t23-,24+;7-,8+/m00/s1. The van der Waals surface area contributed by atoms with Crippen LogP contribution in [0.5, 0.6) is 0 Å². The summed E-state index contributed by atoms with van der Waals surface area (Å²) in [6.07, 6.45) is -2.30. The molecule has 0 radical (unpaired) electrons. The third-order valence-electron chi connectivity index (χ3n) is 7.83. The first kappa shape index (κ1) is 31.8. The van der Waals surface area contributed by atoms with E-state index in [1.165, 1.54) is 4.90 Å². The predicted octanol–water partition coefficient (Wildman–Crippen LogP) is 4.50. The number of aliphatic hydroxyl groups is 1. The Morgan fingerprint density at radius 2 is 1.20 bits per heavy atom. The number of imide groups is 1. The minimum atomic E-state index is -2.76. The lowest BCUT2D eigenvalue weighted by Gasteiger charge is -2.48. The third-order valence-corrected chi connectivity index (χ3v) is 11.4. The molecule has 4 aromatic carbocycles. The van der Waals surface area contributed by atoms with Crippen molar-refractivity contribution in [1.82, 2.24) is 10.2 Å². The zero-order valence-electron chi connectivity index (χ0n) is 25.8. The largest absolute Gasteiger partial charge is 0.443 e. The van der Waals surface area contributed by atoms with E-state index >= 15 is 0 Å². The van der Waals surface area contributed by atoms with Crippen LogP contribution in [0.4, 0.5) is 4.79 Å². The minimum absolute atomic E-state index is 0.210. The molecule has 2 heterocycles. The molecule has 9 heteroatoms. The zero-order chi connectivity index (χ0) is 32.2. The van der Waals surface area contributed by atoms with Crippen LogP contribution in [0, 0.1) is 0 Å². The van der Waals surface area contributed by atoms with Gasteiger partial charge in [0.25, 0.3) is 20.1 Å². The number of hydrogen-bond donors (Lipinski definition) is 2. The summed E-state index contributed by atoms with van der Waals surface area (Å²) in [6, 6.07) is 38.2. The van der Waals surface area contributed by atoms with Crippen LogP contribution in [0.2, 0.25) is 6.55 Å². The maximum atomic E-state index is 13.3. The Hall–Kier alpha value is -4.57. The van der Waals surface area contributed by atoms with Crippen LogP contribution < -0.4 is 15.7 Å². The van der Waals surface area contributed by atoms with Gasteiger partial charge in [-0.25, -0.2) is 9.69 Å². The summed E-state index contributed by atoms with van der Waals surface area (Å²) >= 11 is 0. The van der Waals surface area contributed by atoms with Gasteiger partial charge in [0.1, 0.15) is 11.6 Å². The van der Waals surface area contributed by atoms with Gasteiger partial charge < -0.3 is 19.6 Å². The Morgan fingerprint density at radius 3 is 1.62 bits per heavy atom. The molecule has 0 aromatic heterocycles. The molecule has 2 N–H and O–H groups in total. The molecule has 6 rings (SSSR count). The third kappa shape index (κ3) is 6.91. The number of amides is 3. The number of benzene rings is 4. The van der Waals surface area contributed by atoms with Crippen molar-refractivity contribution >= 4 is 36.6 Å². The van der Waals surface area contributed by atoms with Crippen LogP contribution in [0.15, 0.2) is 121 Å². The topological polar surface area (TPSA) is 105 Å². The Labute approximate surface area is 264 Å². The van der Waals surface area contributed by atoms with E-state index in [9.17, 15) is 19.5 Å². The first-order valence-corrected chi connectivity index (χ1v) is 17.3. The smallest absolute Gasteiger partial charge is 0.417 e. The molecule has 0 unspecified atom stereocenters. The number of hydrogen-bond acceptors (Lipinski definition) is 6. The van der Waals surface area contributed by atoms with Crippen LogP contribution in [-0.4, -0.2) is 54.0 Å². The monoisotopic (exact) mass is 622 g/mol. The van der Waals surface area contributed by atoms with Crippen LogP contribution >= 0.6 is 0 Å². The van der Waals surface area contributed by atoms with Gasteiger partial charge >= 0.3 is 6.09 Å². The molecule has 3 amide bonds. The molecule has 2 aliphatic rings. The van der Waals surface area contributed by atoms with Crippen LogP contribution in [-0.2, 0) is 18.8 Å². The van der Waals surface area contributed by atoms with Gasteiger partial charge in [0.15, 0.2) is 12.2 Å². The Morgan fingerprint density at radius 1 is 0.756 bits per heavy atom. The van der Waals surface area contributed by atoms with E-state index in [0.717, 1.165) is 21.5 Å². The highest BCUT2D eigenvalue weighted by Gasteiger charge is 2.56. The summed E-state index contributed by atoms with van der Waals surface area (Å²) < 4.78 is 12.3. The summed E-state index contributed by atoms with van der Waals surface area (Å²) in [6.45, 7) is 7.46. The Balaban J connectivity index is 0.000000277. The lowest BCUT2D eigenvalue weighted by molar-refractivity contribution is -0.161. The van der Waals surface area contributed by atoms with Crippen molar-refractivity contribution < 1.29 is 28.7 Å². The summed E-state index contributed by atoms with van der Waals surface area (Å²) in [5, 5.41) is 14.0. The lowest BCUT2D eigenvalue weighted by atomic mass is 9.91. The number of rotatable bonds is 6. The summed E-state index contributed by atoms with van der Waals surface area (Å²) in [7, 11) is -2.76. The second kappa shape index (κ2) is 13.2. The van der Waals surface area contributed by atoms with E-state index < -0.39 is 38.3 Å². The summed E-state index contributed by atoms with van der Waals surface area (Å²) in [5.74, 6) is -0.660. The highest BCUT2D eigenvalue weighted by molar-refractivity contribution is 6.96. The molecule has 0 spiro atoms. The molecule has 2 aliphatic heterocycles. The summed E-state index contributed by atoms with van der Waals surface area (Å²) in [4.78, 5) is 38.1.